The summed E-state index contributed by atoms with van der Waals surface area (Å²) in [6.07, 6.45) is -19.0. The predicted octanol–water partition coefficient (Wildman–Crippen LogP) is -5.10. The smallest absolute Gasteiger partial charge is 0.387 e. The van der Waals surface area contributed by atoms with Gasteiger partial charge in [-0.25, -0.2) is 23.7 Å². The molecular weight excluding hydrogens is 921 g/mol. The van der Waals surface area contributed by atoms with Crippen LogP contribution >= 0.6 is 23.9 Å². The van der Waals surface area contributed by atoms with Crippen molar-refractivity contribution in [2.45, 2.75) is 73.6 Å². The monoisotopic (exact) mass is 957 g/mol. The van der Waals surface area contributed by atoms with E-state index in [9.17, 15) is 68.0 Å². The summed E-state index contributed by atoms with van der Waals surface area (Å²) in [6, 6.07) is 2.04. The van der Waals surface area contributed by atoms with Gasteiger partial charge in [0.05, 0.1) is 19.5 Å². The van der Waals surface area contributed by atoms with E-state index in [1.54, 1.807) is 0 Å². The topological polar surface area (TPSA) is 472 Å². The maximum atomic E-state index is 13.5. The number of aromatic nitrogens is 8. The molecule has 7 heterocycles. The Bertz CT molecular complexity index is 2690. The highest BCUT2D eigenvalue weighted by Gasteiger charge is 2.53. The van der Waals surface area contributed by atoms with Crippen molar-refractivity contribution in [2.75, 3.05) is 31.3 Å². The van der Waals surface area contributed by atoms with Gasteiger partial charge in [-0.3, -0.25) is 51.4 Å². The Morgan fingerprint density at radius 1 is 0.746 bits per heavy atom. The van der Waals surface area contributed by atoms with E-state index in [-0.39, 0.29) is 22.9 Å². The first kappa shape index (κ1) is 46.5. The van der Waals surface area contributed by atoms with Crippen molar-refractivity contribution in [2.24, 2.45) is 0 Å². The second kappa shape index (κ2) is 18.2. The predicted molar refractivity (Wildman–Crippen MR) is 200 cm³/mol. The van der Waals surface area contributed by atoms with E-state index in [1.165, 1.54) is 6.07 Å². The van der Waals surface area contributed by atoms with Crippen LogP contribution in [0.1, 0.15) is 18.7 Å². The third-order valence-electron chi connectivity index (χ3n) is 9.59. The summed E-state index contributed by atoms with van der Waals surface area (Å²) in [5.74, 6) is -0.523. The molecule has 3 fully saturated rings. The van der Waals surface area contributed by atoms with Gasteiger partial charge in [0.25, 0.3) is 11.1 Å². The Morgan fingerprint density at radius 3 is 1.90 bits per heavy atom. The number of aromatic amines is 2. The van der Waals surface area contributed by atoms with Crippen LogP contribution in [-0.4, -0.2) is 148 Å². The third kappa shape index (κ3) is 9.93. The van der Waals surface area contributed by atoms with Crippen molar-refractivity contribution in [3.63, 3.8) is 0 Å². The van der Waals surface area contributed by atoms with Gasteiger partial charge in [0.2, 0.25) is 5.95 Å². The first-order valence-electron chi connectivity index (χ1n) is 17.8. The SMILES string of the molecule is Nc1ccn([C@@H]2O[C@H](COP(=O)(O)O[C@H]3[C@@H](O)[C@H](n4ccc(=O)[nH]c4=O)O[C@@H]3COP(=O)(O)O[C@H]3[C@@H](O)[C@H](n4cnc5c(=O)[nH]c(N)nc54)O[C@@H]3CO[P+](=O)O)[C@@H](O)[C@H]2O)c(=O)n1. The molecule has 3 aliphatic rings. The molecule has 3 unspecified atom stereocenters. The van der Waals surface area contributed by atoms with Crippen molar-refractivity contribution in [1.29, 1.82) is 0 Å². The number of nitrogens with zero attached hydrogens (tertiary/aromatic N) is 6. The molecule has 3 saturated heterocycles. The fraction of sp³-hybridized carbons (Fsp3) is 0.536. The summed E-state index contributed by atoms with van der Waals surface area (Å²) >= 11 is 0. The van der Waals surface area contributed by atoms with E-state index >= 15 is 0 Å². The van der Waals surface area contributed by atoms with Crippen LogP contribution in [0.3, 0.4) is 0 Å². The van der Waals surface area contributed by atoms with Crippen LogP contribution in [0.4, 0.5) is 11.8 Å². The fourth-order valence-electron chi connectivity index (χ4n) is 6.74. The number of nitrogen functional groups attached to an aromatic ring is 2. The van der Waals surface area contributed by atoms with Crippen LogP contribution in [-0.2, 0) is 50.5 Å². The standard InChI is InChI=1S/C28H35N10O22P3/c29-12-1-3-36(27(45)32-12)23-16(41)15(40)9(56-23)6-54-62(49,50)60-20-11(58-24(17(20)42)37-4-2-13(39)33-28(37)46)7-55-63(51,52)59-19-10(5-53-61(47)48)57-25(18(19)43)38-8-31-14-21(38)34-26(30)35-22(14)44/h1-4,8-11,15-20,23-25,40-43H,5-7H2,(H8-,29,30,32,33,34,35,39,44,45,46,47,48,49,50,51,52)/p+1/t9-,10-,11-,15-,16-,17-,18-,19-,20-,23-,24-,25-/m1/s1. The van der Waals surface area contributed by atoms with Gasteiger partial charge in [-0.2, -0.15) is 9.97 Å². The molecule has 32 nitrogen and oxygen atoms in total. The van der Waals surface area contributed by atoms with Crippen molar-refractivity contribution < 1.29 is 85.6 Å². The number of anilines is 2. The highest BCUT2D eigenvalue weighted by molar-refractivity contribution is 7.47. The Morgan fingerprint density at radius 2 is 1.30 bits per heavy atom. The molecule has 0 aromatic carbocycles. The van der Waals surface area contributed by atoms with Crippen molar-refractivity contribution in [3.05, 3.63) is 72.5 Å². The fourth-order valence-corrected chi connectivity index (χ4v) is 8.94. The van der Waals surface area contributed by atoms with Gasteiger partial charge in [-0.05, 0) is 6.07 Å². The van der Waals surface area contributed by atoms with Crippen LogP contribution < -0.4 is 34.0 Å². The lowest BCUT2D eigenvalue weighted by atomic mass is 10.1. The maximum absolute atomic E-state index is 13.5. The van der Waals surface area contributed by atoms with E-state index in [0.717, 1.165) is 33.9 Å². The summed E-state index contributed by atoms with van der Waals surface area (Å²) in [4.78, 5) is 95.3. The highest BCUT2D eigenvalue weighted by Crippen LogP contribution is 2.52. The van der Waals surface area contributed by atoms with Crippen LogP contribution in [0.5, 0.6) is 0 Å². The third-order valence-corrected chi connectivity index (χ3v) is 11.9. The Labute approximate surface area is 348 Å². The number of hydrogen-bond acceptors (Lipinski definition) is 24. The number of aliphatic hydroxyl groups is 4. The number of hydrogen-bond donors (Lipinski definition) is 11. The van der Waals surface area contributed by atoms with E-state index in [1.807, 2.05) is 4.98 Å². The van der Waals surface area contributed by atoms with Crippen LogP contribution in [0, 0.1) is 0 Å². The van der Waals surface area contributed by atoms with Gasteiger partial charge < -0.3 is 55.9 Å². The van der Waals surface area contributed by atoms with Crippen LogP contribution in [0.2, 0.25) is 0 Å². The van der Waals surface area contributed by atoms with Gasteiger partial charge >= 0.3 is 35.3 Å². The van der Waals surface area contributed by atoms with Gasteiger partial charge in [-0.1, -0.05) is 0 Å². The molecule has 0 bridgehead atoms. The lowest BCUT2D eigenvalue weighted by Crippen LogP contribution is -2.39. The molecule has 35 heteroatoms. The zero-order valence-electron chi connectivity index (χ0n) is 31.4. The highest BCUT2D eigenvalue weighted by atomic mass is 31.2. The largest absolute Gasteiger partial charge is 0.694 e. The van der Waals surface area contributed by atoms with Gasteiger partial charge in [0, 0.05) is 23.0 Å². The quantitative estimate of drug-likeness (QED) is 0.0468. The number of ether oxygens (including phenoxy) is 3. The molecule has 344 valence electrons. The first-order chi connectivity index (χ1) is 29.6. The summed E-state index contributed by atoms with van der Waals surface area (Å²) in [6.45, 7) is -3.05. The van der Waals surface area contributed by atoms with Gasteiger partial charge in [-0.15, -0.1) is 9.42 Å². The maximum Gasteiger partial charge on any atom is 0.694 e. The Kier molecular flexibility index (Phi) is 13.4. The zero-order valence-corrected chi connectivity index (χ0v) is 34.1. The molecule has 0 saturated carbocycles. The number of phosphoric ester groups is 2. The normalized spacial score (nSPS) is 31.9. The van der Waals surface area contributed by atoms with Crippen molar-refractivity contribution in [1.82, 2.24) is 38.6 Å². The number of phosphoric acid groups is 2. The van der Waals surface area contributed by atoms with E-state index in [0.29, 0.717) is 4.57 Å². The van der Waals surface area contributed by atoms with Crippen molar-refractivity contribution >= 4 is 46.8 Å². The second-order valence-corrected chi connectivity index (χ2v) is 17.2. The molecule has 7 rings (SSSR count). The summed E-state index contributed by atoms with van der Waals surface area (Å²) in [5, 5.41) is 43.6. The number of nitrogens with two attached hydrogens (primary N) is 2. The lowest BCUT2D eigenvalue weighted by molar-refractivity contribution is -0.0638. The molecule has 13 N–H and O–H groups in total. The molecular formula is C28H36N10O22P3+. The van der Waals surface area contributed by atoms with Crippen LogP contribution in [0.25, 0.3) is 11.2 Å². The molecule has 3 aliphatic heterocycles. The van der Waals surface area contributed by atoms with Gasteiger partial charge in [0.1, 0.15) is 67.4 Å². The number of aliphatic hydroxyl groups excluding tert-OH is 4. The number of imidazole rings is 1. The molecule has 0 radical (unpaired) electrons. The van der Waals surface area contributed by atoms with E-state index in [4.69, 9.17) is 43.8 Å². The molecule has 4 aromatic heterocycles. The summed E-state index contributed by atoms with van der Waals surface area (Å²) < 4.78 is 82.5. The summed E-state index contributed by atoms with van der Waals surface area (Å²) in [7, 11) is -14.3. The number of rotatable bonds is 16. The van der Waals surface area contributed by atoms with E-state index < -0.39 is 140 Å². The Balaban J connectivity index is 1.08. The molecule has 15 atom stereocenters. The first-order valence-corrected chi connectivity index (χ1v) is 21.9. The molecule has 63 heavy (non-hydrogen) atoms. The average molecular weight is 958 g/mol. The number of nitrogens with one attached hydrogen (secondary N) is 2. The second-order valence-electron chi connectivity index (χ2n) is 13.7. The van der Waals surface area contributed by atoms with E-state index in [2.05, 4.69) is 24.5 Å². The molecule has 0 spiro atoms. The Hall–Kier alpha value is -4.53. The zero-order chi connectivity index (χ0) is 45.7. The van der Waals surface area contributed by atoms with Crippen molar-refractivity contribution in [3.8, 4) is 0 Å². The van der Waals surface area contributed by atoms with Crippen LogP contribution in [0.15, 0.2) is 50.0 Å². The number of H-pyrrole nitrogens is 2. The molecule has 0 aliphatic carbocycles. The average Bonchev–Trinajstić information content (AvgIpc) is 3.92. The summed E-state index contributed by atoms with van der Waals surface area (Å²) in [5.41, 5.74) is 6.86. The molecule has 4 aromatic rings. The molecule has 0 amide bonds. The minimum atomic E-state index is -5.51. The minimum Gasteiger partial charge on any atom is -0.387 e. The minimum absolute atomic E-state index is 0.162. The number of fused-ring (bicyclic) bond motifs is 1. The lowest BCUT2D eigenvalue weighted by Gasteiger charge is -2.25. The van der Waals surface area contributed by atoms with Gasteiger partial charge in [0.15, 0.2) is 29.8 Å².